The van der Waals surface area contributed by atoms with Crippen LogP contribution in [0.1, 0.15) is 0 Å². The van der Waals surface area contributed by atoms with Crippen LogP contribution in [0.25, 0.3) is 0 Å². The first-order chi connectivity index (χ1) is 8.69. The van der Waals surface area contributed by atoms with E-state index < -0.39 is 23.0 Å². The second-order valence-electron chi connectivity index (χ2n) is 3.39. The van der Waals surface area contributed by atoms with Crippen LogP contribution in [0.3, 0.4) is 0 Å². The van der Waals surface area contributed by atoms with Gasteiger partial charge in [-0.1, -0.05) is 18.2 Å². The number of carbonyl (C=O) groups is 2. The fraction of sp³-hybridized carbons (Fsp3) is 0. The first-order valence-electron chi connectivity index (χ1n) is 4.94. The number of nitrogens with zero attached hydrogens (tertiary/aromatic N) is 3. The van der Waals surface area contributed by atoms with Crippen LogP contribution < -0.4 is 10.4 Å². The molecular formula is C12H6N4O2. The number of nitriles is 2. The number of hydrazine groups is 1. The maximum atomic E-state index is 12.0. The van der Waals surface area contributed by atoms with E-state index in [1.54, 1.807) is 30.3 Å². The molecule has 0 unspecified atom stereocenters. The minimum atomic E-state index is -0.748. The number of amides is 2. The van der Waals surface area contributed by atoms with Crippen molar-refractivity contribution in [2.75, 3.05) is 5.01 Å². The van der Waals surface area contributed by atoms with Crippen LogP contribution >= 0.6 is 0 Å². The first-order valence-corrected chi connectivity index (χ1v) is 4.94. The van der Waals surface area contributed by atoms with Crippen molar-refractivity contribution in [3.05, 3.63) is 41.5 Å². The van der Waals surface area contributed by atoms with Gasteiger partial charge in [-0.25, -0.2) is 5.01 Å². The van der Waals surface area contributed by atoms with Crippen LogP contribution in [0.2, 0.25) is 0 Å². The van der Waals surface area contributed by atoms with Gasteiger partial charge < -0.3 is 0 Å². The molecule has 1 aliphatic heterocycles. The topological polar surface area (TPSA) is 97.0 Å². The lowest BCUT2D eigenvalue weighted by Gasteiger charge is -2.13. The highest BCUT2D eigenvalue weighted by atomic mass is 16.2. The molecule has 1 aromatic carbocycles. The molecule has 1 N–H and O–H groups in total. The Morgan fingerprint density at radius 2 is 1.72 bits per heavy atom. The average molecular weight is 238 g/mol. The zero-order chi connectivity index (χ0) is 13.1. The van der Waals surface area contributed by atoms with Crippen LogP contribution in [0.4, 0.5) is 5.69 Å². The summed E-state index contributed by atoms with van der Waals surface area (Å²) in [5.74, 6) is -1.45. The molecule has 0 radical (unpaired) electrons. The summed E-state index contributed by atoms with van der Waals surface area (Å²) >= 11 is 0. The van der Waals surface area contributed by atoms with Gasteiger partial charge in [0.1, 0.15) is 23.3 Å². The predicted octanol–water partition coefficient (Wildman–Crippen LogP) is 0.408. The minimum absolute atomic E-state index is 0.427. The Balaban J connectivity index is 2.47. The minimum Gasteiger partial charge on any atom is -0.267 e. The molecule has 2 amide bonds. The number of para-hydroxylation sites is 1. The molecule has 0 aromatic heterocycles. The van der Waals surface area contributed by atoms with Gasteiger partial charge in [0.2, 0.25) is 0 Å². The molecule has 6 nitrogen and oxygen atoms in total. The SMILES string of the molecule is N#CC(C#N)=C1C(=O)NN(c2ccccc2)C1=O. The number of allylic oxidation sites excluding steroid dienone is 1. The van der Waals surface area contributed by atoms with Crippen molar-refractivity contribution in [3.8, 4) is 12.1 Å². The molecule has 1 aromatic rings. The van der Waals surface area contributed by atoms with Crippen LogP contribution in [0, 0.1) is 22.7 Å². The Kier molecular flexibility index (Phi) is 2.78. The summed E-state index contributed by atoms with van der Waals surface area (Å²) in [7, 11) is 0. The Labute approximate surface area is 102 Å². The maximum absolute atomic E-state index is 12.0. The van der Waals surface area contributed by atoms with E-state index in [1.807, 2.05) is 0 Å². The lowest BCUT2D eigenvalue weighted by Crippen LogP contribution is -2.35. The second kappa shape index (κ2) is 4.40. The number of rotatable bonds is 1. The Bertz CT molecular complexity index is 618. The van der Waals surface area contributed by atoms with Gasteiger partial charge in [-0.05, 0) is 12.1 Å². The highest BCUT2D eigenvalue weighted by Crippen LogP contribution is 2.20. The van der Waals surface area contributed by atoms with E-state index in [2.05, 4.69) is 5.43 Å². The Morgan fingerprint density at radius 1 is 1.11 bits per heavy atom. The van der Waals surface area contributed by atoms with Crippen LogP contribution in [0.5, 0.6) is 0 Å². The molecule has 2 rings (SSSR count). The smallest absolute Gasteiger partial charge is 0.267 e. The highest BCUT2D eigenvalue weighted by molar-refractivity contribution is 6.30. The van der Waals surface area contributed by atoms with Crippen molar-refractivity contribution in [2.24, 2.45) is 0 Å². The van der Waals surface area contributed by atoms with Gasteiger partial charge in [-0.15, -0.1) is 0 Å². The third-order valence-corrected chi connectivity index (χ3v) is 2.35. The lowest BCUT2D eigenvalue weighted by molar-refractivity contribution is -0.117. The van der Waals surface area contributed by atoms with Gasteiger partial charge >= 0.3 is 0 Å². The van der Waals surface area contributed by atoms with Crippen molar-refractivity contribution in [3.63, 3.8) is 0 Å². The molecule has 6 heteroatoms. The monoisotopic (exact) mass is 238 g/mol. The van der Waals surface area contributed by atoms with E-state index in [1.165, 1.54) is 12.1 Å². The van der Waals surface area contributed by atoms with Crippen LogP contribution in [-0.4, -0.2) is 11.8 Å². The highest BCUT2D eigenvalue weighted by Gasteiger charge is 2.37. The van der Waals surface area contributed by atoms with E-state index in [0.717, 1.165) is 5.01 Å². The van der Waals surface area contributed by atoms with Crippen molar-refractivity contribution in [1.29, 1.82) is 10.5 Å². The van der Waals surface area contributed by atoms with Gasteiger partial charge in [0.15, 0.2) is 0 Å². The summed E-state index contributed by atoms with van der Waals surface area (Å²) in [6, 6.07) is 11.5. The maximum Gasteiger partial charge on any atom is 0.284 e. The summed E-state index contributed by atoms with van der Waals surface area (Å²) in [5.41, 5.74) is 1.85. The normalized spacial score (nSPS) is 13.9. The summed E-state index contributed by atoms with van der Waals surface area (Å²) in [6.07, 6.45) is 0. The number of hydrogen-bond acceptors (Lipinski definition) is 4. The molecule has 1 saturated heterocycles. The zero-order valence-electron chi connectivity index (χ0n) is 9.04. The van der Waals surface area contributed by atoms with Gasteiger partial charge in [0, 0.05) is 0 Å². The van der Waals surface area contributed by atoms with Crippen molar-refractivity contribution < 1.29 is 9.59 Å². The van der Waals surface area contributed by atoms with Gasteiger partial charge in [0.25, 0.3) is 11.8 Å². The van der Waals surface area contributed by atoms with E-state index >= 15 is 0 Å². The van der Waals surface area contributed by atoms with E-state index in [4.69, 9.17) is 10.5 Å². The standard InChI is InChI=1S/C12H6N4O2/c13-6-8(7-14)10-11(17)15-16(12(10)18)9-4-2-1-3-5-9/h1-5H,(H,15,17). The van der Waals surface area contributed by atoms with Crippen molar-refractivity contribution >= 4 is 17.5 Å². The molecule has 18 heavy (non-hydrogen) atoms. The number of carbonyl (C=O) groups excluding carboxylic acids is 2. The summed E-state index contributed by atoms with van der Waals surface area (Å²) < 4.78 is 0. The number of hydrogen-bond donors (Lipinski definition) is 1. The zero-order valence-corrected chi connectivity index (χ0v) is 9.04. The van der Waals surface area contributed by atoms with E-state index in [-0.39, 0.29) is 0 Å². The van der Waals surface area contributed by atoms with Crippen molar-refractivity contribution in [1.82, 2.24) is 5.43 Å². The third-order valence-electron chi connectivity index (χ3n) is 2.35. The molecule has 1 fully saturated rings. The molecule has 0 aliphatic carbocycles. The van der Waals surface area contributed by atoms with E-state index in [0.29, 0.717) is 5.69 Å². The lowest BCUT2D eigenvalue weighted by atomic mass is 10.1. The van der Waals surface area contributed by atoms with E-state index in [9.17, 15) is 9.59 Å². The molecule has 86 valence electrons. The average Bonchev–Trinajstić information content (AvgIpc) is 2.69. The summed E-state index contributed by atoms with van der Waals surface area (Å²) in [4.78, 5) is 23.6. The fourth-order valence-electron chi connectivity index (χ4n) is 1.53. The molecule has 0 bridgehead atoms. The van der Waals surface area contributed by atoms with Crippen molar-refractivity contribution in [2.45, 2.75) is 0 Å². The second-order valence-corrected chi connectivity index (χ2v) is 3.39. The van der Waals surface area contributed by atoms with Gasteiger partial charge in [-0.2, -0.15) is 10.5 Å². The molecule has 1 aliphatic rings. The first kappa shape index (κ1) is 11.4. The fourth-order valence-corrected chi connectivity index (χ4v) is 1.53. The molecule has 0 spiro atoms. The van der Waals surface area contributed by atoms with Crippen LogP contribution in [-0.2, 0) is 9.59 Å². The summed E-state index contributed by atoms with van der Waals surface area (Å²) in [5, 5.41) is 18.4. The molecule has 0 saturated carbocycles. The number of nitrogens with one attached hydrogen (secondary N) is 1. The number of anilines is 1. The Hall–Kier alpha value is -3.12. The Morgan fingerprint density at radius 3 is 2.28 bits per heavy atom. The third kappa shape index (κ3) is 1.68. The molecular weight excluding hydrogens is 232 g/mol. The largest absolute Gasteiger partial charge is 0.284 e. The summed E-state index contributed by atoms with van der Waals surface area (Å²) in [6.45, 7) is 0. The molecule has 1 heterocycles. The quantitative estimate of drug-likeness (QED) is 0.435. The van der Waals surface area contributed by atoms with Gasteiger partial charge in [-0.3, -0.25) is 15.0 Å². The predicted molar refractivity (Wildman–Crippen MR) is 60.3 cm³/mol. The van der Waals surface area contributed by atoms with Crippen LogP contribution in [0.15, 0.2) is 41.5 Å². The molecule has 0 atom stereocenters. The number of benzene rings is 1. The van der Waals surface area contributed by atoms with Gasteiger partial charge in [0.05, 0.1) is 5.69 Å².